The van der Waals surface area contributed by atoms with Gasteiger partial charge in [-0.25, -0.2) is 4.98 Å². The van der Waals surface area contributed by atoms with Crippen molar-refractivity contribution in [1.29, 1.82) is 0 Å². The Labute approximate surface area is 142 Å². The van der Waals surface area contributed by atoms with Crippen molar-refractivity contribution in [3.8, 4) is 0 Å². The normalized spacial score (nSPS) is 10.6. The number of benzene rings is 2. The number of nitrogens with one attached hydrogen (secondary N) is 1. The second-order valence-electron chi connectivity index (χ2n) is 6.11. The SMILES string of the molecule is Cc1cc(C)cc(C(=O)NCc2cccc(Cn3ccnc3)c2)c1. The third-order valence-corrected chi connectivity index (χ3v) is 3.85. The molecule has 24 heavy (non-hydrogen) atoms. The van der Waals surface area contributed by atoms with Gasteiger partial charge in [0.25, 0.3) is 5.91 Å². The molecule has 4 heteroatoms. The number of aromatic nitrogens is 2. The number of rotatable bonds is 5. The van der Waals surface area contributed by atoms with E-state index in [0.29, 0.717) is 12.1 Å². The number of hydrogen-bond donors (Lipinski definition) is 1. The molecule has 0 radical (unpaired) electrons. The molecule has 1 N–H and O–H groups in total. The Balaban J connectivity index is 1.64. The smallest absolute Gasteiger partial charge is 0.251 e. The number of nitrogens with zero attached hydrogens (tertiary/aromatic N) is 2. The van der Waals surface area contributed by atoms with Crippen LogP contribution in [0.15, 0.2) is 61.2 Å². The van der Waals surface area contributed by atoms with Gasteiger partial charge in [-0.2, -0.15) is 0 Å². The van der Waals surface area contributed by atoms with Gasteiger partial charge >= 0.3 is 0 Å². The van der Waals surface area contributed by atoms with E-state index in [9.17, 15) is 4.79 Å². The summed E-state index contributed by atoms with van der Waals surface area (Å²) in [5.41, 5.74) is 5.18. The largest absolute Gasteiger partial charge is 0.348 e. The van der Waals surface area contributed by atoms with Gasteiger partial charge < -0.3 is 9.88 Å². The highest BCUT2D eigenvalue weighted by Gasteiger charge is 2.07. The molecule has 4 nitrogen and oxygen atoms in total. The minimum Gasteiger partial charge on any atom is -0.348 e. The summed E-state index contributed by atoms with van der Waals surface area (Å²) in [6, 6.07) is 14.1. The zero-order valence-corrected chi connectivity index (χ0v) is 14.0. The van der Waals surface area contributed by atoms with Crippen LogP contribution in [-0.2, 0) is 13.1 Å². The first kappa shape index (κ1) is 16.0. The molecule has 0 aliphatic heterocycles. The van der Waals surface area contributed by atoms with Crippen LogP contribution in [0.4, 0.5) is 0 Å². The molecule has 0 aliphatic carbocycles. The third kappa shape index (κ3) is 4.10. The minimum absolute atomic E-state index is 0.0400. The first-order chi connectivity index (χ1) is 11.6. The molecule has 2 aromatic carbocycles. The Morgan fingerprint density at radius 2 is 1.83 bits per heavy atom. The van der Waals surface area contributed by atoms with Crippen LogP contribution in [0.5, 0.6) is 0 Å². The van der Waals surface area contributed by atoms with E-state index in [-0.39, 0.29) is 5.91 Å². The molecule has 1 amide bonds. The van der Waals surface area contributed by atoms with Crippen molar-refractivity contribution in [2.45, 2.75) is 26.9 Å². The summed E-state index contributed by atoms with van der Waals surface area (Å²) >= 11 is 0. The first-order valence-corrected chi connectivity index (χ1v) is 8.00. The van der Waals surface area contributed by atoms with Crippen LogP contribution >= 0.6 is 0 Å². The highest BCUT2D eigenvalue weighted by Crippen LogP contribution is 2.10. The van der Waals surface area contributed by atoms with E-state index in [1.54, 1.807) is 12.5 Å². The molecule has 0 spiro atoms. The van der Waals surface area contributed by atoms with E-state index >= 15 is 0 Å². The van der Waals surface area contributed by atoms with Crippen LogP contribution in [0.25, 0.3) is 0 Å². The van der Waals surface area contributed by atoms with Crippen LogP contribution in [0.3, 0.4) is 0 Å². The summed E-state index contributed by atoms with van der Waals surface area (Å²) in [4.78, 5) is 16.4. The molecule has 0 unspecified atom stereocenters. The summed E-state index contributed by atoms with van der Waals surface area (Å²) < 4.78 is 2.02. The Morgan fingerprint density at radius 3 is 2.54 bits per heavy atom. The van der Waals surface area contributed by atoms with Gasteiger partial charge in [0.2, 0.25) is 0 Å². The highest BCUT2D eigenvalue weighted by molar-refractivity contribution is 5.94. The molecule has 0 fully saturated rings. The van der Waals surface area contributed by atoms with Crippen LogP contribution in [0, 0.1) is 13.8 Å². The molecular formula is C20H21N3O. The molecule has 1 heterocycles. The maximum atomic E-state index is 12.3. The van der Waals surface area contributed by atoms with E-state index < -0.39 is 0 Å². The molecule has 3 rings (SSSR count). The lowest BCUT2D eigenvalue weighted by Gasteiger charge is -2.09. The monoisotopic (exact) mass is 319 g/mol. The Morgan fingerprint density at radius 1 is 1.08 bits per heavy atom. The van der Waals surface area contributed by atoms with Gasteiger partial charge in [0.1, 0.15) is 0 Å². The number of imidazole rings is 1. The number of carbonyl (C=O) groups is 1. The maximum absolute atomic E-state index is 12.3. The lowest BCUT2D eigenvalue weighted by molar-refractivity contribution is 0.0950. The molecule has 0 saturated heterocycles. The lowest BCUT2D eigenvalue weighted by atomic mass is 10.1. The predicted molar refractivity (Wildman–Crippen MR) is 94.9 cm³/mol. The average molecular weight is 319 g/mol. The fourth-order valence-electron chi connectivity index (χ4n) is 2.82. The minimum atomic E-state index is -0.0400. The van der Waals surface area contributed by atoms with E-state index in [2.05, 4.69) is 28.5 Å². The third-order valence-electron chi connectivity index (χ3n) is 3.85. The van der Waals surface area contributed by atoms with E-state index in [0.717, 1.165) is 23.2 Å². The van der Waals surface area contributed by atoms with Crippen LogP contribution in [-0.4, -0.2) is 15.5 Å². The van der Waals surface area contributed by atoms with Crippen molar-refractivity contribution in [1.82, 2.24) is 14.9 Å². The van der Waals surface area contributed by atoms with Gasteiger partial charge in [-0.15, -0.1) is 0 Å². The summed E-state index contributed by atoms with van der Waals surface area (Å²) in [5.74, 6) is -0.0400. The van der Waals surface area contributed by atoms with E-state index in [1.807, 2.05) is 48.9 Å². The van der Waals surface area contributed by atoms with Crippen molar-refractivity contribution in [3.63, 3.8) is 0 Å². The Kier molecular flexibility index (Phi) is 4.75. The Hall–Kier alpha value is -2.88. The zero-order chi connectivity index (χ0) is 16.9. The molecule has 0 saturated carbocycles. The van der Waals surface area contributed by atoms with Crippen LogP contribution in [0.1, 0.15) is 32.6 Å². The van der Waals surface area contributed by atoms with E-state index in [1.165, 1.54) is 5.56 Å². The highest BCUT2D eigenvalue weighted by atomic mass is 16.1. The number of hydrogen-bond acceptors (Lipinski definition) is 2. The standard InChI is InChI=1S/C20H21N3O/c1-15-8-16(2)10-19(9-15)20(24)22-12-17-4-3-5-18(11-17)13-23-7-6-21-14-23/h3-11,14H,12-13H2,1-2H3,(H,22,24). The number of carbonyl (C=O) groups excluding carboxylic acids is 1. The van der Waals surface area contributed by atoms with Crippen LogP contribution in [0.2, 0.25) is 0 Å². The average Bonchev–Trinajstić information content (AvgIpc) is 3.05. The van der Waals surface area contributed by atoms with Crippen molar-refractivity contribution in [3.05, 3.63) is 89.0 Å². The molecule has 0 aliphatic rings. The molecule has 3 aromatic rings. The quantitative estimate of drug-likeness (QED) is 0.782. The second kappa shape index (κ2) is 7.13. The van der Waals surface area contributed by atoms with Gasteiger partial charge in [0.05, 0.1) is 6.33 Å². The summed E-state index contributed by atoms with van der Waals surface area (Å²) in [7, 11) is 0. The predicted octanol–water partition coefficient (Wildman–Crippen LogP) is 3.48. The maximum Gasteiger partial charge on any atom is 0.251 e. The summed E-state index contributed by atoms with van der Waals surface area (Å²) in [6.07, 6.45) is 5.51. The lowest BCUT2D eigenvalue weighted by Crippen LogP contribution is -2.23. The Bertz CT molecular complexity index is 818. The topological polar surface area (TPSA) is 46.9 Å². The van der Waals surface area contributed by atoms with Gasteiger partial charge in [-0.1, -0.05) is 41.5 Å². The van der Waals surface area contributed by atoms with Crippen molar-refractivity contribution in [2.75, 3.05) is 0 Å². The van der Waals surface area contributed by atoms with E-state index in [4.69, 9.17) is 0 Å². The van der Waals surface area contributed by atoms with Crippen LogP contribution < -0.4 is 5.32 Å². The summed E-state index contributed by atoms with van der Waals surface area (Å²) in [6.45, 7) is 5.30. The first-order valence-electron chi connectivity index (χ1n) is 8.00. The van der Waals surface area contributed by atoms with Gasteiger partial charge in [0, 0.05) is 31.0 Å². The summed E-state index contributed by atoms with van der Waals surface area (Å²) in [5, 5.41) is 3.00. The molecule has 122 valence electrons. The fourth-order valence-corrected chi connectivity index (χ4v) is 2.82. The van der Waals surface area contributed by atoms with Crippen molar-refractivity contribution < 1.29 is 4.79 Å². The molecule has 1 aromatic heterocycles. The van der Waals surface area contributed by atoms with Crippen molar-refractivity contribution in [2.24, 2.45) is 0 Å². The molecular weight excluding hydrogens is 298 g/mol. The molecule has 0 bridgehead atoms. The van der Waals surface area contributed by atoms with Gasteiger partial charge in [-0.3, -0.25) is 4.79 Å². The molecule has 0 atom stereocenters. The second-order valence-corrected chi connectivity index (χ2v) is 6.11. The van der Waals surface area contributed by atoms with Crippen molar-refractivity contribution >= 4 is 5.91 Å². The number of amides is 1. The fraction of sp³-hybridized carbons (Fsp3) is 0.200. The van der Waals surface area contributed by atoms with Gasteiger partial charge in [-0.05, 0) is 37.1 Å². The zero-order valence-electron chi connectivity index (χ0n) is 14.0. The number of aryl methyl sites for hydroxylation is 2. The van der Waals surface area contributed by atoms with Gasteiger partial charge in [0.15, 0.2) is 0 Å².